The van der Waals surface area contributed by atoms with Gasteiger partial charge >= 0.3 is 0 Å². The van der Waals surface area contributed by atoms with Gasteiger partial charge in [0.25, 0.3) is 5.78 Å². The van der Waals surface area contributed by atoms with E-state index >= 15 is 0 Å². The van der Waals surface area contributed by atoms with E-state index in [0.29, 0.717) is 23.1 Å². The van der Waals surface area contributed by atoms with Gasteiger partial charge in [0.15, 0.2) is 5.82 Å². The summed E-state index contributed by atoms with van der Waals surface area (Å²) in [6.45, 7) is 5.92. The standard InChI is InChI=1S/C19H20FN9O/c1-12-14(10-22-30-12)11-27-5-7-28(8-6-27)18-24-17(21)29-19(25-18)23-16(26-29)13-3-2-4-15(20)9-13/h2-4,9-10H,5-8,11H2,1H3,(H2,21,23,24,25,26). The maximum absolute atomic E-state index is 13.5. The smallest absolute Gasteiger partial charge is 0.259 e. The van der Waals surface area contributed by atoms with Gasteiger partial charge in [-0.1, -0.05) is 17.3 Å². The fourth-order valence-corrected chi connectivity index (χ4v) is 3.50. The number of nitrogen functional groups attached to an aromatic ring is 1. The molecule has 4 aromatic rings. The lowest BCUT2D eigenvalue weighted by Gasteiger charge is -2.34. The molecule has 0 atom stereocenters. The summed E-state index contributed by atoms with van der Waals surface area (Å²) < 4.78 is 20.0. The Morgan fingerprint density at radius 1 is 1.13 bits per heavy atom. The highest BCUT2D eigenvalue weighted by molar-refractivity contribution is 5.58. The van der Waals surface area contributed by atoms with Crippen molar-refractivity contribution in [3.63, 3.8) is 0 Å². The Kier molecular flexibility index (Phi) is 4.51. The number of hydrogen-bond acceptors (Lipinski definition) is 9. The molecule has 11 heteroatoms. The van der Waals surface area contributed by atoms with E-state index in [1.54, 1.807) is 18.3 Å². The van der Waals surface area contributed by atoms with Gasteiger partial charge in [-0.3, -0.25) is 4.90 Å². The summed E-state index contributed by atoms with van der Waals surface area (Å²) in [5, 5.41) is 8.15. The molecule has 1 saturated heterocycles. The van der Waals surface area contributed by atoms with Gasteiger partial charge in [0, 0.05) is 43.9 Å². The first-order valence-electron chi connectivity index (χ1n) is 9.60. The van der Waals surface area contributed by atoms with Crippen molar-refractivity contribution in [2.24, 2.45) is 0 Å². The third kappa shape index (κ3) is 3.43. The quantitative estimate of drug-likeness (QED) is 0.536. The van der Waals surface area contributed by atoms with Crippen LogP contribution < -0.4 is 10.6 Å². The van der Waals surface area contributed by atoms with Gasteiger partial charge in [-0.15, -0.1) is 5.10 Å². The van der Waals surface area contributed by atoms with Crippen LogP contribution in [0.25, 0.3) is 17.2 Å². The van der Waals surface area contributed by atoms with Gasteiger partial charge in [0.05, 0.1) is 6.20 Å². The summed E-state index contributed by atoms with van der Waals surface area (Å²) in [5.74, 6) is 1.87. The maximum Gasteiger partial charge on any atom is 0.259 e. The molecule has 0 unspecified atom stereocenters. The Hall–Kier alpha value is -3.60. The average Bonchev–Trinajstić information content (AvgIpc) is 3.35. The van der Waals surface area contributed by atoms with Crippen LogP contribution in [0.3, 0.4) is 0 Å². The van der Waals surface area contributed by atoms with Crippen molar-refractivity contribution in [1.82, 2.24) is 34.6 Å². The molecule has 0 aliphatic carbocycles. The van der Waals surface area contributed by atoms with E-state index in [1.807, 2.05) is 6.92 Å². The predicted octanol–water partition coefficient (Wildman–Crippen LogP) is 1.53. The summed E-state index contributed by atoms with van der Waals surface area (Å²) in [4.78, 5) is 17.7. The number of anilines is 2. The molecule has 1 aliphatic heterocycles. The van der Waals surface area contributed by atoms with Crippen molar-refractivity contribution in [2.75, 3.05) is 36.8 Å². The van der Waals surface area contributed by atoms with E-state index in [4.69, 9.17) is 10.3 Å². The molecule has 30 heavy (non-hydrogen) atoms. The summed E-state index contributed by atoms with van der Waals surface area (Å²) >= 11 is 0. The molecule has 0 radical (unpaired) electrons. The Labute approximate surface area is 171 Å². The van der Waals surface area contributed by atoms with Crippen LogP contribution in [0.2, 0.25) is 0 Å². The lowest BCUT2D eigenvalue weighted by atomic mass is 10.2. The van der Waals surface area contributed by atoms with Crippen LogP contribution in [0.5, 0.6) is 0 Å². The largest absolute Gasteiger partial charge is 0.368 e. The summed E-state index contributed by atoms with van der Waals surface area (Å²) in [5.41, 5.74) is 7.75. The molecule has 0 spiro atoms. The van der Waals surface area contributed by atoms with E-state index in [1.165, 1.54) is 16.6 Å². The molecule has 5 rings (SSSR count). The van der Waals surface area contributed by atoms with E-state index in [-0.39, 0.29) is 11.8 Å². The van der Waals surface area contributed by atoms with Crippen molar-refractivity contribution in [2.45, 2.75) is 13.5 Å². The molecular formula is C19H20FN9O. The molecule has 1 aliphatic rings. The Morgan fingerprint density at radius 3 is 2.70 bits per heavy atom. The molecule has 0 amide bonds. The summed E-state index contributed by atoms with van der Waals surface area (Å²) in [7, 11) is 0. The third-order valence-electron chi connectivity index (χ3n) is 5.20. The molecule has 2 N–H and O–H groups in total. The molecule has 10 nitrogen and oxygen atoms in total. The van der Waals surface area contributed by atoms with Gasteiger partial charge < -0.3 is 15.2 Å². The normalized spacial score (nSPS) is 15.2. The number of hydrogen-bond donors (Lipinski definition) is 1. The van der Waals surface area contributed by atoms with Crippen LogP contribution in [-0.4, -0.2) is 60.8 Å². The van der Waals surface area contributed by atoms with Crippen molar-refractivity contribution >= 4 is 17.7 Å². The number of fused-ring (bicyclic) bond motifs is 1. The number of halogens is 1. The molecule has 154 valence electrons. The number of rotatable bonds is 4. The summed E-state index contributed by atoms with van der Waals surface area (Å²) in [6, 6.07) is 6.08. The van der Waals surface area contributed by atoms with Crippen LogP contribution in [0.4, 0.5) is 16.3 Å². The zero-order valence-corrected chi connectivity index (χ0v) is 16.4. The molecular weight excluding hydrogens is 389 g/mol. The highest BCUT2D eigenvalue weighted by Crippen LogP contribution is 2.20. The number of nitrogens with two attached hydrogens (primary N) is 1. The van der Waals surface area contributed by atoms with Gasteiger partial charge in [-0.25, -0.2) is 4.39 Å². The minimum atomic E-state index is -0.356. The maximum atomic E-state index is 13.5. The lowest BCUT2D eigenvalue weighted by Crippen LogP contribution is -2.46. The predicted molar refractivity (Wildman–Crippen MR) is 107 cm³/mol. The first kappa shape index (κ1) is 18.4. The highest BCUT2D eigenvalue weighted by Gasteiger charge is 2.22. The minimum absolute atomic E-state index is 0.188. The Balaban J connectivity index is 1.34. The topological polar surface area (TPSA) is 114 Å². The summed E-state index contributed by atoms with van der Waals surface area (Å²) in [6.07, 6.45) is 1.76. The fraction of sp³-hybridized carbons (Fsp3) is 0.316. The number of aromatic nitrogens is 6. The van der Waals surface area contributed by atoms with Crippen molar-refractivity contribution in [3.05, 3.63) is 47.6 Å². The van der Waals surface area contributed by atoms with Crippen molar-refractivity contribution < 1.29 is 8.91 Å². The van der Waals surface area contributed by atoms with Crippen LogP contribution in [0.15, 0.2) is 35.0 Å². The fourth-order valence-electron chi connectivity index (χ4n) is 3.50. The van der Waals surface area contributed by atoms with Crippen LogP contribution >= 0.6 is 0 Å². The number of nitrogens with zero attached hydrogens (tertiary/aromatic N) is 8. The Bertz CT molecular complexity index is 1200. The SMILES string of the molecule is Cc1oncc1CN1CCN(c2nc(N)n3nc(-c4cccc(F)c4)nc3n2)CC1. The second-order valence-electron chi connectivity index (χ2n) is 7.21. The van der Waals surface area contributed by atoms with Gasteiger partial charge in [0.1, 0.15) is 11.6 Å². The first-order valence-corrected chi connectivity index (χ1v) is 9.60. The van der Waals surface area contributed by atoms with E-state index in [0.717, 1.165) is 44.0 Å². The zero-order valence-electron chi connectivity index (χ0n) is 16.4. The van der Waals surface area contributed by atoms with Gasteiger partial charge in [0.2, 0.25) is 11.9 Å². The molecule has 4 heterocycles. The molecule has 1 aromatic carbocycles. The van der Waals surface area contributed by atoms with Gasteiger partial charge in [-0.05, 0) is 19.1 Å². The monoisotopic (exact) mass is 409 g/mol. The number of benzene rings is 1. The zero-order chi connectivity index (χ0) is 20.7. The molecule has 3 aromatic heterocycles. The molecule has 0 bridgehead atoms. The van der Waals surface area contributed by atoms with Crippen molar-refractivity contribution in [1.29, 1.82) is 0 Å². The average molecular weight is 409 g/mol. The highest BCUT2D eigenvalue weighted by atomic mass is 19.1. The minimum Gasteiger partial charge on any atom is -0.368 e. The van der Waals surface area contributed by atoms with Crippen LogP contribution in [0.1, 0.15) is 11.3 Å². The van der Waals surface area contributed by atoms with Crippen LogP contribution in [-0.2, 0) is 6.54 Å². The molecule has 1 fully saturated rings. The third-order valence-corrected chi connectivity index (χ3v) is 5.20. The number of aryl methyl sites for hydroxylation is 1. The van der Waals surface area contributed by atoms with E-state index < -0.39 is 0 Å². The molecule has 0 saturated carbocycles. The van der Waals surface area contributed by atoms with Crippen molar-refractivity contribution in [3.8, 4) is 11.4 Å². The lowest BCUT2D eigenvalue weighted by molar-refractivity contribution is 0.247. The second kappa shape index (κ2) is 7.34. The number of piperazine rings is 1. The van der Waals surface area contributed by atoms with E-state index in [9.17, 15) is 4.39 Å². The van der Waals surface area contributed by atoms with Crippen LogP contribution in [0, 0.1) is 12.7 Å². The van der Waals surface area contributed by atoms with E-state index in [2.05, 4.69) is 35.0 Å². The first-order chi connectivity index (χ1) is 14.6. The Morgan fingerprint density at radius 2 is 1.97 bits per heavy atom. The van der Waals surface area contributed by atoms with Gasteiger partial charge in [-0.2, -0.15) is 19.5 Å². The second-order valence-corrected chi connectivity index (χ2v) is 7.21.